The van der Waals surface area contributed by atoms with Crippen molar-refractivity contribution in [2.75, 3.05) is 23.3 Å². The molecule has 25 heavy (non-hydrogen) atoms. The molecule has 2 fully saturated rings. The summed E-state index contributed by atoms with van der Waals surface area (Å²) in [6.07, 6.45) is 3.79. The molecule has 1 aliphatic heterocycles. The fraction of sp³-hybridized carbons (Fsp3) is 0.684. The van der Waals surface area contributed by atoms with E-state index in [0.717, 1.165) is 56.0 Å². The van der Waals surface area contributed by atoms with Gasteiger partial charge in [-0.05, 0) is 56.8 Å². The average molecular weight is 361 g/mol. The summed E-state index contributed by atoms with van der Waals surface area (Å²) in [7, 11) is -0.948. The number of nitrogens with zero attached hydrogens (tertiary/aromatic N) is 2. The van der Waals surface area contributed by atoms with Gasteiger partial charge in [0.15, 0.2) is 0 Å². The second-order valence-corrected chi connectivity index (χ2v) is 13.9. The molecule has 1 aromatic rings. The normalized spacial score (nSPS) is 26.3. The lowest BCUT2D eigenvalue weighted by atomic mass is 9.85. The van der Waals surface area contributed by atoms with Gasteiger partial charge in [0.2, 0.25) is 5.91 Å². The fourth-order valence-corrected chi connectivity index (χ4v) is 5.96. The number of aryl methyl sites for hydroxylation is 1. The third kappa shape index (κ3) is 4.54. The average Bonchev–Trinajstić information content (AvgIpc) is 2.57. The van der Waals surface area contributed by atoms with Crippen LogP contribution in [0.15, 0.2) is 12.1 Å². The number of carbonyl (C=O) groups is 1. The summed E-state index contributed by atoms with van der Waals surface area (Å²) in [5, 5.41) is 3.63. The number of rotatable bonds is 4. The van der Waals surface area contributed by atoms with E-state index in [1.54, 1.807) is 0 Å². The SMILES string of the molecule is Cc1nc(N2CC[Si](C)(C)CC2)ccc1NC1CCC(C(N)=O)CC1. The molecule has 5 nitrogen and oxygen atoms in total. The standard InChI is InChI=1S/C19H32N4OSi/c1-14-17(22-16-6-4-15(5-7-16)19(20)24)8-9-18(21-14)23-10-12-25(2,3)13-11-23/h8-9,15-16,22H,4-7,10-13H2,1-3H3,(H2,20,24). The Balaban J connectivity index is 1.58. The van der Waals surface area contributed by atoms with Gasteiger partial charge in [-0.1, -0.05) is 13.1 Å². The second kappa shape index (κ2) is 7.36. The quantitative estimate of drug-likeness (QED) is 0.808. The number of nitrogens with two attached hydrogens (primary N) is 1. The molecule has 3 N–H and O–H groups in total. The zero-order valence-corrected chi connectivity index (χ0v) is 16.8. The van der Waals surface area contributed by atoms with Crippen molar-refractivity contribution >= 4 is 25.5 Å². The van der Waals surface area contributed by atoms with Crippen molar-refractivity contribution in [1.82, 2.24) is 4.98 Å². The molecule has 1 aromatic heterocycles. The van der Waals surface area contributed by atoms with Crippen LogP contribution in [-0.4, -0.2) is 38.1 Å². The predicted octanol–water partition coefficient (Wildman–Crippen LogP) is 3.37. The maximum atomic E-state index is 11.3. The van der Waals surface area contributed by atoms with Crippen molar-refractivity contribution in [2.45, 2.75) is 63.8 Å². The van der Waals surface area contributed by atoms with Gasteiger partial charge in [-0.2, -0.15) is 0 Å². The van der Waals surface area contributed by atoms with E-state index in [0.29, 0.717) is 6.04 Å². The highest BCUT2D eigenvalue weighted by Crippen LogP contribution is 2.29. The molecule has 6 heteroatoms. The summed E-state index contributed by atoms with van der Waals surface area (Å²) in [6, 6.07) is 7.47. The molecule has 1 amide bonds. The van der Waals surface area contributed by atoms with Gasteiger partial charge in [0.05, 0.1) is 19.5 Å². The van der Waals surface area contributed by atoms with E-state index < -0.39 is 8.07 Å². The molecule has 1 saturated carbocycles. The lowest BCUT2D eigenvalue weighted by molar-refractivity contribution is -0.122. The summed E-state index contributed by atoms with van der Waals surface area (Å²) in [4.78, 5) is 18.6. The highest BCUT2D eigenvalue weighted by molar-refractivity contribution is 6.77. The number of pyridine rings is 1. The van der Waals surface area contributed by atoms with Crippen LogP contribution < -0.4 is 16.0 Å². The number of nitrogens with one attached hydrogen (secondary N) is 1. The van der Waals surface area contributed by atoms with E-state index in [-0.39, 0.29) is 11.8 Å². The number of hydrogen-bond acceptors (Lipinski definition) is 4. The van der Waals surface area contributed by atoms with Crippen molar-refractivity contribution in [2.24, 2.45) is 11.7 Å². The van der Waals surface area contributed by atoms with Gasteiger partial charge in [-0.15, -0.1) is 0 Å². The van der Waals surface area contributed by atoms with Crippen LogP contribution in [0.5, 0.6) is 0 Å². The van der Waals surface area contributed by atoms with E-state index >= 15 is 0 Å². The van der Waals surface area contributed by atoms with Gasteiger partial charge < -0.3 is 16.0 Å². The van der Waals surface area contributed by atoms with Crippen LogP contribution in [0.3, 0.4) is 0 Å². The summed E-state index contributed by atoms with van der Waals surface area (Å²) in [5.74, 6) is 1.03. The summed E-state index contributed by atoms with van der Waals surface area (Å²) in [6.45, 7) is 9.36. The van der Waals surface area contributed by atoms with Gasteiger partial charge in [0.25, 0.3) is 0 Å². The van der Waals surface area contributed by atoms with Gasteiger partial charge in [0.1, 0.15) is 5.82 Å². The summed E-state index contributed by atoms with van der Waals surface area (Å²) < 4.78 is 0. The molecule has 1 saturated heterocycles. The number of anilines is 2. The molecular weight excluding hydrogens is 328 g/mol. The predicted molar refractivity (Wildman–Crippen MR) is 107 cm³/mol. The van der Waals surface area contributed by atoms with Crippen molar-refractivity contribution in [1.29, 1.82) is 0 Å². The minimum atomic E-state index is -0.948. The van der Waals surface area contributed by atoms with Crippen molar-refractivity contribution < 1.29 is 4.79 Å². The number of amides is 1. The van der Waals surface area contributed by atoms with Crippen LogP contribution in [0.1, 0.15) is 31.4 Å². The van der Waals surface area contributed by atoms with E-state index in [9.17, 15) is 4.79 Å². The molecule has 0 unspecified atom stereocenters. The molecule has 1 aliphatic carbocycles. The molecule has 2 heterocycles. The Morgan fingerprint density at radius 2 is 1.84 bits per heavy atom. The van der Waals surface area contributed by atoms with Crippen LogP contribution in [0.2, 0.25) is 25.2 Å². The van der Waals surface area contributed by atoms with E-state index in [1.807, 2.05) is 0 Å². The van der Waals surface area contributed by atoms with Crippen LogP contribution in [0.4, 0.5) is 11.5 Å². The first-order valence-corrected chi connectivity index (χ1v) is 13.0. The minimum Gasteiger partial charge on any atom is -0.381 e. The molecule has 0 spiro atoms. The Labute approximate surface area is 152 Å². The van der Waals surface area contributed by atoms with E-state index in [1.165, 1.54) is 12.1 Å². The van der Waals surface area contributed by atoms with Gasteiger partial charge in [0, 0.05) is 25.0 Å². The Kier molecular flexibility index (Phi) is 5.37. The lowest BCUT2D eigenvalue weighted by Crippen LogP contribution is -2.43. The molecule has 138 valence electrons. The van der Waals surface area contributed by atoms with Crippen molar-refractivity contribution in [3.8, 4) is 0 Å². The maximum Gasteiger partial charge on any atom is 0.220 e. The topological polar surface area (TPSA) is 71.2 Å². The molecule has 3 rings (SSSR count). The zero-order chi connectivity index (χ0) is 18.0. The van der Waals surface area contributed by atoms with E-state index in [4.69, 9.17) is 10.7 Å². The van der Waals surface area contributed by atoms with E-state index in [2.05, 4.69) is 42.4 Å². The molecular formula is C19H32N4OSi. The van der Waals surface area contributed by atoms with Crippen LogP contribution in [0, 0.1) is 12.8 Å². The van der Waals surface area contributed by atoms with Crippen molar-refractivity contribution in [3.05, 3.63) is 17.8 Å². The van der Waals surface area contributed by atoms with Crippen LogP contribution >= 0.6 is 0 Å². The first kappa shape index (κ1) is 18.2. The van der Waals surface area contributed by atoms with Crippen LogP contribution in [-0.2, 0) is 4.79 Å². The Morgan fingerprint density at radius 1 is 1.20 bits per heavy atom. The largest absolute Gasteiger partial charge is 0.381 e. The summed E-state index contributed by atoms with van der Waals surface area (Å²) >= 11 is 0. The third-order valence-corrected chi connectivity index (χ3v) is 9.16. The number of primary amides is 1. The Hall–Kier alpha value is -1.56. The molecule has 0 bridgehead atoms. The Morgan fingerprint density at radius 3 is 2.40 bits per heavy atom. The fourth-order valence-electron chi connectivity index (χ4n) is 3.96. The highest BCUT2D eigenvalue weighted by Gasteiger charge is 2.28. The van der Waals surface area contributed by atoms with Gasteiger partial charge in [-0.3, -0.25) is 4.79 Å². The van der Waals surface area contributed by atoms with Crippen molar-refractivity contribution in [3.63, 3.8) is 0 Å². The maximum absolute atomic E-state index is 11.3. The Bertz CT molecular complexity index is 616. The monoisotopic (exact) mass is 360 g/mol. The van der Waals surface area contributed by atoms with Gasteiger partial charge >= 0.3 is 0 Å². The minimum absolute atomic E-state index is 0.0616. The number of hydrogen-bond donors (Lipinski definition) is 2. The van der Waals surface area contributed by atoms with Crippen LogP contribution in [0.25, 0.3) is 0 Å². The first-order chi connectivity index (χ1) is 11.8. The highest BCUT2D eigenvalue weighted by atomic mass is 28.3. The molecule has 0 radical (unpaired) electrons. The summed E-state index contributed by atoms with van der Waals surface area (Å²) in [5.41, 5.74) is 7.61. The number of carbonyl (C=O) groups excluding carboxylic acids is 1. The molecule has 0 aromatic carbocycles. The third-order valence-electron chi connectivity index (χ3n) is 6.00. The molecule has 2 aliphatic rings. The first-order valence-electron chi connectivity index (χ1n) is 9.62. The second-order valence-electron chi connectivity index (χ2n) is 8.55. The smallest absolute Gasteiger partial charge is 0.220 e. The lowest BCUT2D eigenvalue weighted by Gasteiger charge is -2.36. The number of aromatic nitrogens is 1. The van der Waals surface area contributed by atoms with Gasteiger partial charge in [-0.25, -0.2) is 4.98 Å². The zero-order valence-electron chi connectivity index (χ0n) is 15.8. The molecule has 0 atom stereocenters.